The van der Waals surface area contributed by atoms with Crippen LogP contribution in [0.3, 0.4) is 0 Å². The van der Waals surface area contributed by atoms with Gasteiger partial charge in [0.05, 0.1) is 20.6 Å². The van der Waals surface area contributed by atoms with Crippen molar-refractivity contribution in [1.82, 2.24) is 10.2 Å². The Morgan fingerprint density at radius 1 is 0.966 bits per heavy atom. The molecule has 1 aliphatic heterocycles. The molecule has 1 heterocycles. The second-order valence-electron chi connectivity index (χ2n) is 7.21. The van der Waals surface area contributed by atoms with E-state index < -0.39 is 6.04 Å². The number of carbonyl (C=O) groups is 2. The minimum Gasteiger partial charge on any atom is -0.493 e. The van der Waals surface area contributed by atoms with Crippen LogP contribution in [0.15, 0.2) is 48.5 Å². The minimum absolute atomic E-state index is 0.00739. The topological polar surface area (TPSA) is 67.9 Å². The van der Waals surface area contributed by atoms with Gasteiger partial charge in [-0.3, -0.25) is 9.59 Å². The Bertz CT molecular complexity index is 832. The Kier molecular flexibility index (Phi) is 7.11. The van der Waals surface area contributed by atoms with Crippen molar-refractivity contribution in [2.45, 2.75) is 31.7 Å². The molecule has 2 amide bonds. The number of carbonyl (C=O) groups excluding carboxylic acids is 2. The van der Waals surface area contributed by atoms with Gasteiger partial charge in [0.25, 0.3) is 0 Å². The number of benzene rings is 2. The zero-order chi connectivity index (χ0) is 20.6. The lowest BCUT2D eigenvalue weighted by Crippen LogP contribution is -2.49. The first-order chi connectivity index (χ1) is 14.1. The number of hydrogen-bond donors (Lipinski definition) is 1. The average molecular weight is 396 g/mol. The fraction of sp³-hybridized carbons (Fsp3) is 0.391. The highest BCUT2D eigenvalue weighted by Gasteiger charge is 2.28. The summed E-state index contributed by atoms with van der Waals surface area (Å²) in [4.78, 5) is 27.6. The lowest BCUT2D eigenvalue weighted by molar-refractivity contribution is -0.135. The van der Waals surface area contributed by atoms with Crippen molar-refractivity contribution in [3.05, 3.63) is 59.7 Å². The number of ether oxygens (including phenoxy) is 2. The number of likely N-dealkylation sites (tertiary alicyclic amines) is 1. The fourth-order valence-corrected chi connectivity index (χ4v) is 3.63. The maximum absolute atomic E-state index is 13.0. The highest BCUT2D eigenvalue weighted by Crippen LogP contribution is 2.27. The molecule has 29 heavy (non-hydrogen) atoms. The van der Waals surface area contributed by atoms with E-state index in [-0.39, 0.29) is 18.2 Å². The van der Waals surface area contributed by atoms with E-state index >= 15 is 0 Å². The van der Waals surface area contributed by atoms with Crippen LogP contribution in [0.4, 0.5) is 0 Å². The number of hydrogen-bond acceptors (Lipinski definition) is 4. The molecule has 0 spiro atoms. The van der Waals surface area contributed by atoms with Gasteiger partial charge in [-0.05, 0) is 36.1 Å². The third kappa shape index (κ3) is 5.50. The summed E-state index contributed by atoms with van der Waals surface area (Å²) in [6, 6.07) is 14.6. The first-order valence-corrected chi connectivity index (χ1v) is 9.93. The Morgan fingerprint density at radius 3 is 2.31 bits per heavy atom. The third-order valence-electron chi connectivity index (χ3n) is 5.15. The van der Waals surface area contributed by atoms with Crippen molar-refractivity contribution >= 4 is 11.8 Å². The van der Waals surface area contributed by atoms with E-state index in [4.69, 9.17) is 9.47 Å². The Labute approximate surface area is 171 Å². The highest BCUT2D eigenvalue weighted by molar-refractivity contribution is 5.89. The van der Waals surface area contributed by atoms with E-state index in [0.717, 1.165) is 37.1 Å². The van der Waals surface area contributed by atoms with Gasteiger partial charge in [-0.1, -0.05) is 36.4 Å². The molecule has 3 rings (SSSR count). The molecule has 1 atom stereocenters. The van der Waals surface area contributed by atoms with Crippen LogP contribution < -0.4 is 14.8 Å². The number of amides is 2. The predicted octanol–water partition coefficient (Wildman–Crippen LogP) is 2.60. The Balaban J connectivity index is 1.70. The lowest BCUT2D eigenvalue weighted by Gasteiger charge is -2.24. The molecule has 1 fully saturated rings. The van der Waals surface area contributed by atoms with Crippen LogP contribution in [-0.4, -0.2) is 50.1 Å². The molecule has 1 aliphatic rings. The van der Waals surface area contributed by atoms with Gasteiger partial charge < -0.3 is 19.7 Å². The molecule has 0 bridgehead atoms. The third-order valence-corrected chi connectivity index (χ3v) is 5.15. The molecule has 2 aromatic carbocycles. The summed E-state index contributed by atoms with van der Waals surface area (Å²) in [6.45, 7) is 1.52. The summed E-state index contributed by atoms with van der Waals surface area (Å²) < 4.78 is 10.5. The summed E-state index contributed by atoms with van der Waals surface area (Å²) in [6.07, 6.45) is 2.68. The monoisotopic (exact) mass is 396 g/mol. The van der Waals surface area contributed by atoms with Crippen LogP contribution >= 0.6 is 0 Å². The lowest BCUT2D eigenvalue weighted by atomic mass is 10.0. The SMILES string of the molecule is COc1ccc(CC(=O)N[C@@H](Cc2ccccc2)C(=O)N2CCCC2)cc1OC. The molecule has 154 valence electrons. The van der Waals surface area contributed by atoms with Crippen LogP contribution in [0.25, 0.3) is 0 Å². The molecule has 0 radical (unpaired) electrons. The summed E-state index contributed by atoms with van der Waals surface area (Å²) in [5.41, 5.74) is 1.82. The van der Waals surface area contributed by atoms with Gasteiger partial charge in [0.2, 0.25) is 11.8 Å². The van der Waals surface area contributed by atoms with Crippen LogP contribution in [0, 0.1) is 0 Å². The summed E-state index contributed by atoms with van der Waals surface area (Å²) in [5.74, 6) is 0.993. The number of rotatable bonds is 8. The van der Waals surface area contributed by atoms with Crippen molar-refractivity contribution in [2.75, 3.05) is 27.3 Å². The quantitative estimate of drug-likeness (QED) is 0.745. The smallest absolute Gasteiger partial charge is 0.245 e. The molecular formula is C23H28N2O4. The van der Waals surface area contributed by atoms with Crippen molar-refractivity contribution in [2.24, 2.45) is 0 Å². The fourth-order valence-electron chi connectivity index (χ4n) is 3.63. The molecular weight excluding hydrogens is 368 g/mol. The van der Waals surface area contributed by atoms with E-state index in [0.29, 0.717) is 17.9 Å². The van der Waals surface area contributed by atoms with Crippen LogP contribution in [0.1, 0.15) is 24.0 Å². The highest BCUT2D eigenvalue weighted by atomic mass is 16.5. The largest absolute Gasteiger partial charge is 0.493 e. The average Bonchev–Trinajstić information content (AvgIpc) is 3.28. The summed E-state index contributed by atoms with van der Waals surface area (Å²) in [7, 11) is 3.13. The normalized spacial score (nSPS) is 14.3. The van der Waals surface area contributed by atoms with E-state index in [1.54, 1.807) is 26.4 Å². The minimum atomic E-state index is -0.567. The van der Waals surface area contributed by atoms with Gasteiger partial charge in [0, 0.05) is 19.5 Å². The second-order valence-corrected chi connectivity index (χ2v) is 7.21. The molecule has 0 aromatic heterocycles. The standard InChI is InChI=1S/C23H28N2O4/c1-28-20-11-10-18(15-21(20)29-2)16-22(26)24-19(14-17-8-4-3-5-9-17)23(27)25-12-6-7-13-25/h3-5,8-11,15,19H,6-7,12-14,16H2,1-2H3,(H,24,26)/t19-/m0/s1. The summed E-state index contributed by atoms with van der Waals surface area (Å²) >= 11 is 0. The first kappa shape index (κ1) is 20.7. The van der Waals surface area contributed by atoms with Gasteiger partial charge in [-0.25, -0.2) is 0 Å². The van der Waals surface area contributed by atoms with Crippen molar-refractivity contribution in [3.8, 4) is 11.5 Å². The van der Waals surface area contributed by atoms with E-state index in [1.807, 2.05) is 41.3 Å². The molecule has 0 aliphatic carbocycles. The summed E-state index contributed by atoms with van der Waals surface area (Å²) in [5, 5.41) is 2.95. The maximum Gasteiger partial charge on any atom is 0.245 e. The molecule has 2 aromatic rings. The van der Waals surface area contributed by atoms with E-state index in [9.17, 15) is 9.59 Å². The van der Waals surface area contributed by atoms with Crippen LogP contribution in [0.5, 0.6) is 11.5 Å². The number of nitrogens with zero attached hydrogens (tertiary/aromatic N) is 1. The Morgan fingerprint density at radius 2 is 1.66 bits per heavy atom. The zero-order valence-electron chi connectivity index (χ0n) is 17.0. The van der Waals surface area contributed by atoms with Gasteiger partial charge in [-0.2, -0.15) is 0 Å². The van der Waals surface area contributed by atoms with Crippen LogP contribution in [0.2, 0.25) is 0 Å². The maximum atomic E-state index is 13.0. The number of nitrogens with one attached hydrogen (secondary N) is 1. The molecule has 1 N–H and O–H groups in total. The van der Waals surface area contributed by atoms with Gasteiger partial charge >= 0.3 is 0 Å². The van der Waals surface area contributed by atoms with Gasteiger partial charge in [-0.15, -0.1) is 0 Å². The van der Waals surface area contributed by atoms with Gasteiger partial charge in [0.1, 0.15) is 6.04 Å². The molecule has 1 saturated heterocycles. The van der Waals surface area contributed by atoms with Gasteiger partial charge in [0.15, 0.2) is 11.5 Å². The van der Waals surface area contributed by atoms with E-state index in [2.05, 4.69) is 5.32 Å². The molecule has 0 unspecified atom stereocenters. The van der Waals surface area contributed by atoms with Crippen LogP contribution in [-0.2, 0) is 22.4 Å². The second kappa shape index (κ2) is 9.96. The first-order valence-electron chi connectivity index (χ1n) is 9.93. The zero-order valence-corrected chi connectivity index (χ0v) is 17.0. The van der Waals surface area contributed by atoms with Crippen molar-refractivity contribution < 1.29 is 19.1 Å². The molecule has 0 saturated carbocycles. The predicted molar refractivity (Wildman–Crippen MR) is 111 cm³/mol. The van der Waals surface area contributed by atoms with Crippen molar-refractivity contribution in [3.63, 3.8) is 0 Å². The molecule has 6 heteroatoms. The molecule has 6 nitrogen and oxygen atoms in total. The van der Waals surface area contributed by atoms with Crippen molar-refractivity contribution in [1.29, 1.82) is 0 Å². The Hall–Kier alpha value is -3.02. The number of methoxy groups -OCH3 is 2. The van der Waals surface area contributed by atoms with E-state index in [1.165, 1.54) is 0 Å².